The number of H-pyrrole nitrogens is 1. The minimum absolute atomic E-state index is 0.241. The van der Waals surface area contributed by atoms with Gasteiger partial charge in [-0.05, 0) is 17.7 Å². The van der Waals surface area contributed by atoms with Crippen molar-refractivity contribution in [3.8, 4) is 11.9 Å². The Labute approximate surface area is 150 Å². The maximum absolute atomic E-state index is 9.23. The molecule has 1 aromatic carbocycles. The zero-order chi connectivity index (χ0) is 17.7. The number of benzene rings is 1. The van der Waals surface area contributed by atoms with Crippen LogP contribution in [0.2, 0.25) is 0 Å². The number of thioether (sulfide) groups is 1. The maximum Gasteiger partial charge on any atom is 0.205 e. The standard InChI is InChI=1S/C17H20N6OS/c18-12-22-17(21-8-9-25-11-15-10-19-13-23-15)20-7-1-2-14-3-5-16(24)6-4-14/h1-6,10,13,24H,7-9,11H2,(H,19,23)(H2,20,21,22)/b2-1+. The molecule has 0 saturated carbocycles. The van der Waals surface area contributed by atoms with E-state index in [0.717, 1.165) is 22.8 Å². The van der Waals surface area contributed by atoms with Crippen LogP contribution in [0.3, 0.4) is 0 Å². The van der Waals surface area contributed by atoms with Crippen molar-refractivity contribution >= 4 is 23.8 Å². The highest BCUT2D eigenvalue weighted by Crippen LogP contribution is 2.10. The van der Waals surface area contributed by atoms with Crippen LogP contribution in [0.15, 0.2) is 47.9 Å². The van der Waals surface area contributed by atoms with Crippen LogP contribution in [0.4, 0.5) is 0 Å². The summed E-state index contributed by atoms with van der Waals surface area (Å²) in [5, 5.41) is 23.7. The van der Waals surface area contributed by atoms with Crippen LogP contribution in [0.25, 0.3) is 6.08 Å². The number of guanidine groups is 1. The second-order valence-corrected chi connectivity index (χ2v) is 6.08. The average molecular weight is 356 g/mol. The first kappa shape index (κ1) is 18.4. The lowest BCUT2D eigenvalue weighted by atomic mass is 10.2. The third-order valence-electron chi connectivity index (χ3n) is 3.08. The van der Waals surface area contributed by atoms with Crippen LogP contribution in [-0.4, -0.2) is 39.9 Å². The zero-order valence-corrected chi connectivity index (χ0v) is 14.5. The number of aliphatic imine (C=N–C) groups is 1. The van der Waals surface area contributed by atoms with Crippen LogP contribution < -0.4 is 10.6 Å². The Hall–Kier alpha value is -2.92. The van der Waals surface area contributed by atoms with Crippen molar-refractivity contribution < 1.29 is 5.11 Å². The van der Waals surface area contributed by atoms with Gasteiger partial charge in [0, 0.05) is 29.9 Å². The van der Waals surface area contributed by atoms with E-state index in [9.17, 15) is 5.11 Å². The van der Waals surface area contributed by atoms with Gasteiger partial charge in [0.15, 0.2) is 6.19 Å². The lowest BCUT2D eigenvalue weighted by Crippen LogP contribution is -2.36. The molecule has 0 aliphatic carbocycles. The molecule has 0 radical (unpaired) electrons. The normalized spacial score (nSPS) is 11.4. The van der Waals surface area contributed by atoms with E-state index in [2.05, 4.69) is 25.6 Å². The van der Waals surface area contributed by atoms with E-state index in [1.165, 1.54) is 0 Å². The summed E-state index contributed by atoms with van der Waals surface area (Å²) < 4.78 is 0. The lowest BCUT2D eigenvalue weighted by molar-refractivity contribution is 0.475. The highest BCUT2D eigenvalue weighted by Gasteiger charge is 1.98. The number of nitriles is 1. The molecule has 0 unspecified atom stereocenters. The van der Waals surface area contributed by atoms with E-state index < -0.39 is 0 Å². The van der Waals surface area contributed by atoms with Gasteiger partial charge in [-0.1, -0.05) is 24.3 Å². The molecule has 1 aromatic heterocycles. The highest BCUT2D eigenvalue weighted by molar-refractivity contribution is 7.98. The molecule has 25 heavy (non-hydrogen) atoms. The van der Waals surface area contributed by atoms with Crippen LogP contribution >= 0.6 is 11.8 Å². The zero-order valence-electron chi connectivity index (χ0n) is 13.6. The summed E-state index contributed by atoms with van der Waals surface area (Å²) >= 11 is 1.76. The number of hydrogen-bond donors (Lipinski definition) is 4. The number of rotatable bonds is 8. The van der Waals surface area contributed by atoms with Crippen LogP contribution in [0, 0.1) is 11.5 Å². The minimum Gasteiger partial charge on any atom is -0.508 e. The summed E-state index contributed by atoms with van der Waals surface area (Å²) in [6.07, 6.45) is 9.16. The lowest BCUT2D eigenvalue weighted by Gasteiger charge is -2.07. The Morgan fingerprint density at radius 2 is 2.24 bits per heavy atom. The van der Waals surface area contributed by atoms with E-state index >= 15 is 0 Å². The third-order valence-corrected chi connectivity index (χ3v) is 4.09. The van der Waals surface area contributed by atoms with E-state index in [0.29, 0.717) is 19.0 Å². The number of nitrogens with zero attached hydrogens (tertiary/aromatic N) is 3. The van der Waals surface area contributed by atoms with Crippen molar-refractivity contribution in [1.29, 1.82) is 5.26 Å². The molecule has 2 aromatic rings. The summed E-state index contributed by atoms with van der Waals surface area (Å²) in [4.78, 5) is 11.3. The van der Waals surface area contributed by atoms with Crippen LogP contribution in [0.1, 0.15) is 11.3 Å². The quantitative estimate of drug-likeness (QED) is 0.190. The number of nitrogens with one attached hydrogen (secondary N) is 3. The molecule has 0 atom stereocenters. The predicted molar refractivity (Wildman–Crippen MR) is 101 cm³/mol. The molecule has 4 N–H and O–H groups in total. The van der Waals surface area contributed by atoms with Crippen molar-refractivity contribution in [2.24, 2.45) is 4.99 Å². The summed E-state index contributed by atoms with van der Waals surface area (Å²) in [5.41, 5.74) is 2.07. The topological polar surface area (TPSA) is 109 Å². The third kappa shape index (κ3) is 7.46. The van der Waals surface area contributed by atoms with Gasteiger partial charge < -0.3 is 15.4 Å². The Bertz CT molecular complexity index is 719. The SMILES string of the molecule is N#CNC(=NC/C=C/c1ccc(O)cc1)NCCSCc1cnc[nH]1. The van der Waals surface area contributed by atoms with Crippen molar-refractivity contribution in [3.05, 3.63) is 54.1 Å². The molecule has 1 heterocycles. The van der Waals surface area contributed by atoms with Gasteiger partial charge in [-0.3, -0.25) is 5.32 Å². The number of aromatic hydroxyl groups is 1. The molecule has 0 aliphatic rings. The summed E-state index contributed by atoms with van der Waals surface area (Å²) in [6, 6.07) is 6.90. The number of aromatic nitrogens is 2. The first-order valence-electron chi connectivity index (χ1n) is 7.72. The van der Waals surface area contributed by atoms with E-state index in [4.69, 9.17) is 5.26 Å². The van der Waals surface area contributed by atoms with E-state index in [-0.39, 0.29) is 5.75 Å². The van der Waals surface area contributed by atoms with Gasteiger partial charge in [-0.2, -0.15) is 17.0 Å². The average Bonchev–Trinajstić information content (AvgIpc) is 3.13. The number of hydrogen-bond acceptors (Lipinski definition) is 5. The van der Waals surface area contributed by atoms with Crippen molar-refractivity contribution in [2.75, 3.05) is 18.8 Å². The molecule has 0 amide bonds. The first-order valence-corrected chi connectivity index (χ1v) is 8.87. The van der Waals surface area contributed by atoms with Gasteiger partial charge in [-0.15, -0.1) is 0 Å². The van der Waals surface area contributed by atoms with Gasteiger partial charge in [0.05, 0.1) is 12.9 Å². The van der Waals surface area contributed by atoms with Crippen LogP contribution in [0.5, 0.6) is 5.75 Å². The van der Waals surface area contributed by atoms with Crippen molar-refractivity contribution in [2.45, 2.75) is 5.75 Å². The Morgan fingerprint density at radius 1 is 1.40 bits per heavy atom. The fourth-order valence-corrected chi connectivity index (χ4v) is 2.67. The molecule has 0 aliphatic heterocycles. The van der Waals surface area contributed by atoms with Gasteiger partial charge in [0.25, 0.3) is 0 Å². The second kappa shape index (κ2) is 10.8. The maximum atomic E-state index is 9.23. The highest BCUT2D eigenvalue weighted by atomic mass is 32.2. The van der Waals surface area contributed by atoms with Gasteiger partial charge in [-0.25, -0.2) is 9.98 Å². The van der Waals surface area contributed by atoms with Crippen molar-refractivity contribution in [1.82, 2.24) is 20.6 Å². The summed E-state index contributed by atoms with van der Waals surface area (Å²) in [5.74, 6) is 2.45. The number of phenolic OH excluding ortho intramolecular Hbond substituents is 1. The molecule has 130 valence electrons. The molecule has 0 bridgehead atoms. The summed E-state index contributed by atoms with van der Waals surface area (Å²) in [7, 11) is 0. The van der Waals surface area contributed by atoms with Crippen LogP contribution in [-0.2, 0) is 5.75 Å². The molecule has 0 saturated heterocycles. The van der Waals surface area contributed by atoms with Gasteiger partial charge >= 0.3 is 0 Å². The number of aromatic amines is 1. The molecule has 2 rings (SSSR count). The number of imidazole rings is 1. The Morgan fingerprint density at radius 3 is 2.96 bits per heavy atom. The largest absolute Gasteiger partial charge is 0.508 e. The molecule has 0 spiro atoms. The monoisotopic (exact) mass is 356 g/mol. The number of phenols is 1. The van der Waals surface area contributed by atoms with E-state index in [1.54, 1.807) is 30.2 Å². The molecule has 8 heteroatoms. The fourth-order valence-electron chi connectivity index (χ4n) is 1.90. The van der Waals surface area contributed by atoms with E-state index in [1.807, 2.05) is 36.7 Å². The molecule has 7 nitrogen and oxygen atoms in total. The second-order valence-electron chi connectivity index (χ2n) is 4.98. The minimum atomic E-state index is 0.241. The van der Waals surface area contributed by atoms with Gasteiger partial charge in [0.2, 0.25) is 5.96 Å². The molecule has 0 fully saturated rings. The Kier molecular flexibility index (Phi) is 7.94. The predicted octanol–water partition coefficient (Wildman–Crippen LogP) is 2.08. The summed E-state index contributed by atoms with van der Waals surface area (Å²) in [6.45, 7) is 1.15. The van der Waals surface area contributed by atoms with Gasteiger partial charge in [0.1, 0.15) is 5.75 Å². The molecular formula is C17H20N6OS. The van der Waals surface area contributed by atoms with Crippen molar-refractivity contribution in [3.63, 3.8) is 0 Å². The first-order chi connectivity index (χ1) is 12.3. The molecular weight excluding hydrogens is 336 g/mol. The smallest absolute Gasteiger partial charge is 0.205 e. The fraction of sp³-hybridized carbons (Fsp3) is 0.235. The Balaban J connectivity index is 1.70.